The molecule has 0 amide bonds. The summed E-state index contributed by atoms with van der Waals surface area (Å²) >= 11 is 0. The molecule has 2 aromatic heterocycles. The van der Waals surface area contributed by atoms with E-state index < -0.39 is 0 Å². The van der Waals surface area contributed by atoms with Crippen LogP contribution in [0.4, 0.5) is 0 Å². The molecule has 1 atom stereocenters. The highest BCUT2D eigenvalue weighted by Gasteiger charge is 2.08. The first-order valence-electron chi connectivity index (χ1n) is 4.86. The first kappa shape index (κ1) is 9.21. The fourth-order valence-electron chi connectivity index (χ4n) is 1.72. The highest BCUT2D eigenvalue weighted by Crippen LogP contribution is 2.13. The number of pyridine rings is 1. The predicted octanol–water partition coefficient (Wildman–Crippen LogP) is 1.53. The lowest BCUT2D eigenvalue weighted by molar-refractivity contribution is 0.728. The summed E-state index contributed by atoms with van der Waals surface area (Å²) in [6.45, 7) is 4.02. The standard InChI is InChI=1S/C11H15N3/c1-8(12)7-10-11-5-3-4-6-14(11)9(2)13-10/h3-6,8H,7,12H2,1-2H3. The number of hydrogen-bond acceptors (Lipinski definition) is 2. The minimum absolute atomic E-state index is 0.160. The first-order valence-corrected chi connectivity index (χ1v) is 4.86. The van der Waals surface area contributed by atoms with E-state index in [9.17, 15) is 0 Å². The van der Waals surface area contributed by atoms with Crippen LogP contribution in [0.3, 0.4) is 0 Å². The summed E-state index contributed by atoms with van der Waals surface area (Å²) < 4.78 is 2.09. The molecule has 0 saturated heterocycles. The third-order valence-corrected chi connectivity index (χ3v) is 2.32. The Balaban J connectivity index is 2.55. The van der Waals surface area contributed by atoms with E-state index in [4.69, 9.17) is 5.73 Å². The van der Waals surface area contributed by atoms with Gasteiger partial charge >= 0.3 is 0 Å². The molecule has 2 aromatic rings. The molecule has 0 bridgehead atoms. The zero-order chi connectivity index (χ0) is 10.1. The molecule has 0 aromatic carbocycles. The Labute approximate surface area is 83.6 Å². The van der Waals surface area contributed by atoms with Crippen LogP contribution in [0.15, 0.2) is 24.4 Å². The van der Waals surface area contributed by atoms with E-state index in [-0.39, 0.29) is 6.04 Å². The molecular weight excluding hydrogens is 174 g/mol. The van der Waals surface area contributed by atoms with E-state index in [1.807, 2.05) is 32.2 Å². The summed E-state index contributed by atoms with van der Waals surface area (Å²) in [5.74, 6) is 1.02. The molecule has 3 nitrogen and oxygen atoms in total. The SMILES string of the molecule is Cc1nc(CC(C)N)c2ccccn12. The van der Waals surface area contributed by atoms with Gasteiger partial charge in [-0.05, 0) is 26.0 Å². The Kier molecular flexibility index (Phi) is 2.25. The molecule has 74 valence electrons. The zero-order valence-electron chi connectivity index (χ0n) is 8.57. The molecule has 0 fully saturated rings. The molecule has 0 spiro atoms. The van der Waals surface area contributed by atoms with E-state index in [0.29, 0.717) is 0 Å². The summed E-state index contributed by atoms with van der Waals surface area (Å²) in [6.07, 6.45) is 2.86. The van der Waals surface area contributed by atoms with Crippen molar-refractivity contribution in [1.29, 1.82) is 0 Å². The number of hydrogen-bond donors (Lipinski definition) is 1. The highest BCUT2D eigenvalue weighted by atomic mass is 15.0. The van der Waals surface area contributed by atoms with Gasteiger partial charge in [-0.1, -0.05) is 6.07 Å². The Bertz CT molecular complexity index is 443. The van der Waals surface area contributed by atoms with Crippen LogP contribution in [0.25, 0.3) is 5.52 Å². The van der Waals surface area contributed by atoms with Gasteiger partial charge in [-0.25, -0.2) is 4.98 Å². The van der Waals surface area contributed by atoms with E-state index in [1.165, 1.54) is 5.52 Å². The monoisotopic (exact) mass is 189 g/mol. The van der Waals surface area contributed by atoms with Gasteiger partial charge in [0.2, 0.25) is 0 Å². The number of fused-ring (bicyclic) bond motifs is 1. The van der Waals surface area contributed by atoms with Gasteiger partial charge in [0, 0.05) is 18.7 Å². The van der Waals surface area contributed by atoms with Crippen LogP contribution in [0, 0.1) is 6.92 Å². The maximum absolute atomic E-state index is 5.78. The van der Waals surface area contributed by atoms with Crippen molar-refractivity contribution >= 4 is 5.52 Å². The van der Waals surface area contributed by atoms with Gasteiger partial charge in [0.25, 0.3) is 0 Å². The lowest BCUT2D eigenvalue weighted by Gasteiger charge is -2.01. The van der Waals surface area contributed by atoms with Gasteiger partial charge in [0.15, 0.2) is 0 Å². The second-order valence-electron chi connectivity index (χ2n) is 3.74. The van der Waals surface area contributed by atoms with Gasteiger partial charge in [-0.3, -0.25) is 0 Å². The average molecular weight is 189 g/mol. The van der Waals surface area contributed by atoms with Crippen molar-refractivity contribution in [3.8, 4) is 0 Å². The summed E-state index contributed by atoms with van der Waals surface area (Å²) in [5.41, 5.74) is 8.04. The van der Waals surface area contributed by atoms with Crippen molar-refractivity contribution in [3.05, 3.63) is 35.9 Å². The van der Waals surface area contributed by atoms with Gasteiger partial charge in [-0.2, -0.15) is 0 Å². The third-order valence-electron chi connectivity index (χ3n) is 2.32. The Morgan fingerprint density at radius 2 is 2.29 bits per heavy atom. The smallest absolute Gasteiger partial charge is 0.110 e. The number of aryl methyl sites for hydroxylation is 1. The fourth-order valence-corrected chi connectivity index (χ4v) is 1.72. The zero-order valence-corrected chi connectivity index (χ0v) is 8.57. The van der Waals surface area contributed by atoms with Gasteiger partial charge in [-0.15, -0.1) is 0 Å². The quantitative estimate of drug-likeness (QED) is 0.778. The second kappa shape index (κ2) is 3.42. The van der Waals surface area contributed by atoms with Crippen LogP contribution in [-0.4, -0.2) is 15.4 Å². The van der Waals surface area contributed by atoms with Crippen molar-refractivity contribution in [3.63, 3.8) is 0 Å². The third kappa shape index (κ3) is 1.51. The molecule has 2 heterocycles. The Morgan fingerprint density at radius 3 is 3.00 bits per heavy atom. The molecule has 2 N–H and O–H groups in total. The lowest BCUT2D eigenvalue weighted by Crippen LogP contribution is -2.18. The Morgan fingerprint density at radius 1 is 1.50 bits per heavy atom. The maximum atomic E-state index is 5.78. The molecular formula is C11H15N3. The summed E-state index contributed by atoms with van der Waals surface area (Å²) in [4.78, 5) is 4.51. The van der Waals surface area contributed by atoms with Gasteiger partial charge < -0.3 is 10.1 Å². The minimum Gasteiger partial charge on any atom is -0.328 e. The molecule has 1 unspecified atom stereocenters. The van der Waals surface area contributed by atoms with Gasteiger partial charge in [0.1, 0.15) is 5.82 Å². The second-order valence-corrected chi connectivity index (χ2v) is 3.74. The largest absolute Gasteiger partial charge is 0.328 e. The maximum Gasteiger partial charge on any atom is 0.110 e. The first-order chi connectivity index (χ1) is 6.68. The normalized spacial score (nSPS) is 13.4. The van der Waals surface area contributed by atoms with E-state index in [2.05, 4.69) is 15.5 Å². The highest BCUT2D eigenvalue weighted by molar-refractivity contribution is 5.53. The van der Waals surface area contributed by atoms with E-state index in [1.54, 1.807) is 0 Å². The van der Waals surface area contributed by atoms with Crippen LogP contribution in [0.1, 0.15) is 18.4 Å². The molecule has 0 aliphatic heterocycles. The van der Waals surface area contributed by atoms with Crippen LogP contribution in [0.5, 0.6) is 0 Å². The molecule has 14 heavy (non-hydrogen) atoms. The van der Waals surface area contributed by atoms with Crippen LogP contribution < -0.4 is 5.73 Å². The summed E-state index contributed by atoms with van der Waals surface area (Å²) in [5, 5.41) is 0. The lowest BCUT2D eigenvalue weighted by atomic mass is 10.2. The van der Waals surface area contributed by atoms with Crippen molar-refractivity contribution in [1.82, 2.24) is 9.38 Å². The molecule has 2 rings (SSSR count). The number of aromatic nitrogens is 2. The van der Waals surface area contributed by atoms with Crippen LogP contribution >= 0.6 is 0 Å². The molecule has 0 saturated carbocycles. The van der Waals surface area contributed by atoms with Crippen molar-refractivity contribution in [2.24, 2.45) is 5.73 Å². The van der Waals surface area contributed by atoms with Crippen molar-refractivity contribution in [2.45, 2.75) is 26.3 Å². The molecule has 3 heteroatoms. The average Bonchev–Trinajstić information content (AvgIpc) is 2.44. The van der Waals surface area contributed by atoms with Crippen molar-refractivity contribution < 1.29 is 0 Å². The molecule has 0 aliphatic rings. The van der Waals surface area contributed by atoms with E-state index in [0.717, 1.165) is 17.9 Å². The van der Waals surface area contributed by atoms with E-state index >= 15 is 0 Å². The predicted molar refractivity (Wildman–Crippen MR) is 57.3 cm³/mol. The fraction of sp³-hybridized carbons (Fsp3) is 0.364. The van der Waals surface area contributed by atoms with Crippen LogP contribution in [-0.2, 0) is 6.42 Å². The Hall–Kier alpha value is -1.35. The number of nitrogens with zero attached hydrogens (tertiary/aromatic N) is 2. The minimum atomic E-state index is 0.160. The molecule has 0 radical (unpaired) electrons. The molecule has 0 aliphatic carbocycles. The van der Waals surface area contributed by atoms with Gasteiger partial charge in [0.05, 0.1) is 11.2 Å². The number of nitrogens with two attached hydrogens (primary N) is 1. The summed E-state index contributed by atoms with van der Waals surface area (Å²) in [6, 6.07) is 6.28. The van der Waals surface area contributed by atoms with Crippen LogP contribution in [0.2, 0.25) is 0 Å². The topological polar surface area (TPSA) is 43.3 Å². The van der Waals surface area contributed by atoms with Crippen molar-refractivity contribution in [2.75, 3.05) is 0 Å². The summed E-state index contributed by atoms with van der Waals surface area (Å²) in [7, 11) is 0. The number of rotatable bonds is 2. The number of imidazole rings is 1.